The van der Waals surface area contributed by atoms with Crippen molar-refractivity contribution < 1.29 is 19.1 Å². The van der Waals surface area contributed by atoms with Crippen LogP contribution in [0.4, 0.5) is 5.00 Å². The van der Waals surface area contributed by atoms with Crippen LogP contribution in [0.25, 0.3) is 0 Å². The van der Waals surface area contributed by atoms with E-state index in [-0.39, 0.29) is 24.2 Å². The Kier molecular flexibility index (Phi) is 5.87. The summed E-state index contributed by atoms with van der Waals surface area (Å²) in [5.74, 6) is -0.750. The molecular weight excluding hydrogens is 340 g/mol. The largest absolute Gasteiger partial charge is 0.469 e. The molecule has 138 valence electrons. The minimum atomic E-state index is -0.519. The third-order valence-electron chi connectivity index (χ3n) is 4.77. The minimum absolute atomic E-state index is 0.00538. The van der Waals surface area contributed by atoms with Gasteiger partial charge in [0.25, 0.3) is 5.91 Å². The Hall–Kier alpha value is -1.89. The molecule has 0 aliphatic heterocycles. The van der Waals surface area contributed by atoms with Crippen molar-refractivity contribution in [2.24, 2.45) is 17.1 Å². The molecule has 0 spiro atoms. The van der Waals surface area contributed by atoms with Crippen LogP contribution in [-0.4, -0.2) is 24.9 Å². The number of esters is 1. The summed E-state index contributed by atoms with van der Waals surface area (Å²) in [7, 11) is 1.28. The normalized spacial score (nSPS) is 16.9. The third kappa shape index (κ3) is 4.60. The van der Waals surface area contributed by atoms with Crippen LogP contribution in [0.3, 0.4) is 0 Å². The zero-order valence-corrected chi connectivity index (χ0v) is 16.0. The predicted molar refractivity (Wildman–Crippen MR) is 97.7 cm³/mol. The molecule has 7 heteroatoms. The SMILES string of the molecule is COC(=O)CCC(=O)Nc1sc2c(c1C(N)=O)CC[C@H](C(C)(C)C)C2. The van der Waals surface area contributed by atoms with E-state index in [2.05, 4.69) is 30.8 Å². The van der Waals surface area contributed by atoms with Crippen molar-refractivity contribution in [1.29, 1.82) is 0 Å². The van der Waals surface area contributed by atoms with Gasteiger partial charge in [-0.3, -0.25) is 14.4 Å². The van der Waals surface area contributed by atoms with Crippen LogP contribution < -0.4 is 11.1 Å². The van der Waals surface area contributed by atoms with Gasteiger partial charge in [-0.1, -0.05) is 20.8 Å². The fourth-order valence-corrected chi connectivity index (χ4v) is 4.53. The van der Waals surface area contributed by atoms with Gasteiger partial charge in [-0.25, -0.2) is 0 Å². The Morgan fingerprint density at radius 2 is 1.96 bits per heavy atom. The number of hydrogen-bond acceptors (Lipinski definition) is 5. The maximum absolute atomic E-state index is 12.1. The van der Waals surface area contributed by atoms with E-state index in [1.54, 1.807) is 0 Å². The number of carbonyl (C=O) groups excluding carboxylic acids is 3. The van der Waals surface area contributed by atoms with Crippen LogP contribution in [0.15, 0.2) is 0 Å². The highest BCUT2D eigenvalue weighted by molar-refractivity contribution is 7.17. The third-order valence-corrected chi connectivity index (χ3v) is 5.94. The molecule has 0 fully saturated rings. The first-order valence-electron chi connectivity index (χ1n) is 8.44. The van der Waals surface area contributed by atoms with Crippen molar-refractivity contribution in [1.82, 2.24) is 0 Å². The molecule has 0 aromatic carbocycles. The van der Waals surface area contributed by atoms with Crippen LogP contribution in [-0.2, 0) is 27.2 Å². The van der Waals surface area contributed by atoms with Gasteiger partial charge in [0.05, 0.1) is 19.1 Å². The van der Waals surface area contributed by atoms with Crippen LogP contribution in [0.2, 0.25) is 0 Å². The molecule has 25 heavy (non-hydrogen) atoms. The number of carbonyl (C=O) groups is 3. The maximum Gasteiger partial charge on any atom is 0.306 e. The van der Waals surface area contributed by atoms with Gasteiger partial charge in [0.15, 0.2) is 0 Å². The second-order valence-electron chi connectivity index (χ2n) is 7.50. The van der Waals surface area contributed by atoms with E-state index >= 15 is 0 Å². The summed E-state index contributed by atoms with van der Waals surface area (Å²) >= 11 is 1.43. The topological polar surface area (TPSA) is 98.5 Å². The van der Waals surface area contributed by atoms with Crippen molar-refractivity contribution in [3.8, 4) is 0 Å². The lowest BCUT2D eigenvalue weighted by Crippen LogP contribution is -2.27. The summed E-state index contributed by atoms with van der Waals surface area (Å²) in [6.07, 6.45) is 2.71. The number of methoxy groups -OCH3 is 1. The number of thiophene rings is 1. The summed E-state index contributed by atoms with van der Waals surface area (Å²) < 4.78 is 4.53. The Morgan fingerprint density at radius 3 is 2.52 bits per heavy atom. The Morgan fingerprint density at radius 1 is 1.28 bits per heavy atom. The molecule has 0 bridgehead atoms. The lowest BCUT2D eigenvalue weighted by molar-refractivity contribution is -0.141. The summed E-state index contributed by atoms with van der Waals surface area (Å²) in [6, 6.07) is 0. The fourth-order valence-electron chi connectivity index (χ4n) is 3.18. The molecule has 1 aromatic heterocycles. The van der Waals surface area contributed by atoms with Gasteiger partial charge in [0.1, 0.15) is 5.00 Å². The Labute approximate surface area is 152 Å². The molecule has 0 saturated heterocycles. The molecule has 1 aliphatic rings. The maximum atomic E-state index is 12.1. The van der Waals surface area contributed by atoms with Gasteiger partial charge in [0.2, 0.25) is 5.91 Å². The lowest BCUT2D eigenvalue weighted by Gasteiger charge is -2.33. The fraction of sp³-hybridized carbons (Fsp3) is 0.611. The van der Waals surface area contributed by atoms with Crippen molar-refractivity contribution in [3.63, 3.8) is 0 Å². The van der Waals surface area contributed by atoms with Crippen molar-refractivity contribution in [3.05, 3.63) is 16.0 Å². The van der Waals surface area contributed by atoms with Crippen LogP contribution >= 0.6 is 11.3 Å². The van der Waals surface area contributed by atoms with E-state index < -0.39 is 11.9 Å². The minimum Gasteiger partial charge on any atom is -0.469 e. The van der Waals surface area contributed by atoms with Gasteiger partial charge in [-0.2, -0.15) is 0 Å². The van der Waals surface area contributed by atoms with Gasteiger partial charge in [0, 0.05) is 11.3 Å². The van der Waals surface area contributed by atoms with Crippen LogP contribution in [0, 0.1) is 11.3 Å². The number of fused-ring (bicyclic) bond motifs is 1. The van der Waals surface area contributed by atoms with Crippen LogP contribution in [0.5, 0.6) is 0 Å². The quantitative estimate of drug-likeness (QED) is 0.783. The summed E-state index contributed by atoms with van der Waals surface area (Å²) in [5, 5.41) is 3.25. The first-order chi connectivity index (χ1) is 11.6. The number of rotatable bonds is 5. The second kappa shape index (κ2) is 7.56. The molecule has 6 nitrogen and oxygen atoms in total. The molecule has 0 unspecified atom stereocenters. The molecule has 1 aliphatic carbocycles. The first-order valence-corrected chi connectivity index (χ1v) is 9.26. The molecule has 2 amide bonds. The Balaban J connectivity index is 2.20. The predicted octanol–water partition coefficient (Wildman–Crippen LogP) is 2.89. The molecule has 3 N–H and O–H groups in total. The van der Waals surface area contributed by atoms with Gasteiger partial charge < -0.3 is 15.8 Å². The molecule has 0 saturated carbocycles. The number of hydrogen-bond donors (Lipinski definition) is 2. The number of amides is 2. The zero-order chi connectivity index (χ0) is 18.8. The van der Waals surface area contributed by atoms with E-state index in [4.69, 9.17) is 5.73 Å². The van der Waals surface area contributed by atoms with Crippen molar-refractivity contribution in [2.45, 2.75) is 52.9 Å². The molecule has 1 aromatic rings. The average molecular weight is 366 g/mol. The number of primary amides is 1. The lowest BCUT2D eigenvalue weighted by atomic mass is 9.72. The van der Waals surface area contributed by atoms with Gasteiger partial charge in [-0.05, 0) is 36.2 Å². The van der Waals surface area contributed by atoms with Crippen molar-refractivity contribution in [2.75, 3.05) is 12.4 Å². The first kappa shape index (κ1) is 19.4. The van der Waals surface area contributed by atoms with E-state index in [1.807, 2.05) is 0 Å². The molecule has 1 atom stereocenters. The smallest absolute Gasteiger partial charge is 0.306 e. The highest BCUT2D eigenvalue weighted by Crippen LogP contribution is 2.44. The monoisotopic (exact) mass is 366 g/mol. The molecule has 1 heterocycles. The van der Waals surface area contributed by atoms with E-state index in [0.29, 0.717) is 16.5 Å². The summed E-state index contributed by atoms with van der Waals surface area (Å²) in [4.78, 5) is 36.3. The number of anilines is 1. The highest BCUT2D eigenvalue weighted by Gasteiger charge is 2.33. The molecule has 0 radical (unpaired) electrons. The average Bonchev–Trinajstić information content (AvgIpc) is 2.88. The van der Waals surface area contributed by atoms with E-state index in [9.17, 15) is 14.4 Å². The molecule has 2 rings (SSSR count). The summed E-state index contributed by atoms with van der Waals surface area (Å²) in [5.41, 5.74) is 7.16. The van der Waals surface area contributed by atoms with Crippen LogP contribution in [0.1, 0.15) is 60.8 Å². The highest BCUT2D eigenvalue weighted by atomic mass is 32.1. The van der Waals surface area contributed by atoms with E-state index in [0.717, 1.165) is 29.7 Å². The second-order valence-corrected chi connectivity index (χ2v) is 8.61. The summed E-state index contributed by atoms with van der Waals surface area (Å²) in [6.45, 7) is 6.67. The number of nitrogens with one attached hydrogen (secondary N) is 1. The number of ether oxygens (including phenoxy) is 1. The van der Waals surface area contributed by atoms with Gasteiger partial charge in [-0.15, -0.1) is 11.3 Å². The Bertz CT molecular complexity index is 688. The van der Waals surface area contributed by atoms with Crippen molar-refractivity contribution >= 4 is 34.1 Å². The zero-order valence-electron chi connectivity index (χ0n) is 15.2. The van der Waals surface area contributed by atoms with E-state index in [1.165, 1.54) is 18.4 Å². The molecular formula is C18H26N2O4S. The van der Waals surface area contributed by atoms with Gasteiger partial charge >= 0.3 is 5.97 Å². The number of nitrogens with two attached hydrogens (primary N) is 1. The standard InChI is InChI=1S/C18H26N2O4S/c1-18(2,3)10-5-6-11-12(9-10)25-17(15(11)16(19)23)20-13(21)7-8-14(22)24-4/h10H,5-9H2,1-4H3,(H2,19,23)(H,20,21)/t10-/m0/s1.